The number of pyridine rings is 1. The molecule has 4 aromatic rings. The Bertz CT molecular complexity index is 1300. The first kappa shape index (κ1) is 22.2. The Labute approximate surface area is 190 Å². The number of hydrogen-bond acceptors (Lipinski definition) is 5. The van der Waals surface area contributed by atoms with Crippen LogP contribution in [0.3, 0.4) is 0 Å². The molecule has 0 bridgehead atoms. The molecule has 0 aliphatic heterocycles. The zero-order valence-corrected chi connectivity index (χ0v) is 18.4. The normalized spacial score (nSPS) is 12.7. The van der Waals surface area contributed by atoms with Crippen molar-refractivity contribution in [3.05, 3.63) is 75.9 Å². The number of methoxy groups -OCH3 is 1. The molecule has 0 spiro atoms. The zero-order valence-electron chi connectivity index (χ0n) is 16.8. The monoisotopic (exact) mass is 480 g/mol. The molecule has 0 aliphatic rings. The van der Waals surface area contributed by atoms with Crippen molar-refractivity contribution in [2.75, 3.05) is 7.11 Å². The molecule has 5 nitrogen and oxygen atoms in total. The maximum atomic E-state index is 13.4. The molecule has 0 amide bonds. The number of carbonyl (C=O) groups is 1. The number of alkyl halides is 3. The van der Waals surface area contributed by atoms with Crippen LogP contribution < -0.4 is 4.74 Å². The Hall–Kier alpha value is -3.04. The van der Waals surface area contributed by atoms with E-state index in [1.54, 1.807) is 35.0 Å². The highest BCUT2D eigenvalue weighted by atomic mass is 35.5. The van der Waals surface area contributed by atoms with Gasteiger partial charge in [-0.3, -0.25) is 4.40 Å². The van der Waals surface area contributed by atoms with E-state index in [2.05, 4.69) is 4.98 Å². The minimum absolute atomic E-state index is 0.0342. The fourth-order valence-corrected chi connectivity index (χ4v) is 4.49. The summed E-state index contributed by atoms with van der Waals surface area (Å²) in [5, 5.41) is 0.525. The number of fused-ring (bicyclic) bond motifs is 1. The standard InChI is InChI=1S/C22H16ClF3N2O3S/c1-12(14-5-3-4-6-15(14)22(24,25)26)31-17-10-18(32-20(17)21(29)30-2)16-11-27-19-9-13(23)7-8-28(16)19/h3-12H,1-2H3. The number of ether oxygens (including phenoxy) is 2. The maximum absolute atomic E-state index is 13.4. The molecule has 32 heavy (non-hydrogen) atoms. The van der Waals surface area contributed by atoms with Gasteiger partial charge >= 0.3 is 12.1 Å². The molecule has 10 heteroatoms. The summed E-state index contributed by atoms with van der Waals surface area (Å²) in [5.74, 6) is -0.519. The number of halogens is 4. The molecule has 0 radical (unpaired) electrons. The number of esters is 1. The second-order valence-corrected chi connectivity index (χ2v) is 8.35. The van der Waals surface area contributed by atoms with Crippen LogP contribution >= 0.6 is 22.9 Å². The van der Waals surface area contributed by atoms with E-state index >= 15 is 0 Å². The van der Waals surface area contributed by atoms with Gasteiger partial charge in [0.1, 0.15) is 17.5 Å². The fraction of sp³-hybridized carbons (Fsp3) is 0.182. The summed E-state index contributed by atoms with van der Waals surface area (Å²) in [7, 11) is 1.23. The van der Waals surface area contributed by atoms with Crippen LogP contribution in [0.5, 0.6) is 5.75 Å². The van der Waals surface area contributed by atoms with Gasteiger partial charge in [-0.05, 0) is 19.1 Å². The first-order chi connectivity index (χ1) is 15.2. The van der Waals surface area contributed by atoms with Crippen LogP contribution in [0.2, 0.25) is 5.02 Å². The summed E-state index contributed by atoms with van der Waals surface area (Å²) < 4.78 is 52.8. The van der Waals surface area contributed by atoms with Crippen LogP contribution in [-0.4, -0.2) is 22.5 Å². The van der Waals surface area contributed by atoms with Gasteiger partial charge in [0, 0.05) is 28.9 Å². The highest BCUT2D eigenvalue weighted by Gasteiger charge is 2.35. The largest absolute Gasteiger partial charge is 0.484 e. The third-order valence-corrected chi connectivity index (χ3v) is 6.16. The van der Waals surface area contributed by atoms with Gasteiger partial charge in [-0.1, -0.05) is 29.8 Å². The lowest BCUT2D eigenvalue weighted by atomic mass is 10.0. The Morgan fingerprint density at radius 2 is 1.97 bits per heavy atom. The van der Waals surface area contributed by atoms with Crippen LogP contribution in [-0.2, 0) is 10.9 Å². The molecular formula is C22H16ClF3N2O3S. The van der Waals surface area contributed by atoms with Crippen LogP contribution in [0.1, 0.15) is 33.8 Å². The van der Waals surface area contributed by atoms with Crippen molar-refractivity contribution in [3.63, 3.8) is 0 Å². The summed E-state index contributed by atoms with van der Waals surface area (Å²) in [4.78, 5) is 17.4. The van der Waals surface area contributed by atoms with Gasteiger partial charge in [0.2, 0.25) is 0 Å². The van der Waals surface area contributed by atoms with Crippen LogP contribution in [0.15, 0.2) is 54.9 Å². The van der Waals surface area contributed by atoms with Crippen molar-refractivity contribution in [1.82, 2.24) is 9.38 Å². The molecule has 0 saturated heterocycles. The quantitative estimate of drug-likeness (QED) is 0.300. The van der Waals surface area contributed by atoms with Crippen molar-refractivity contribution in [2.24, 2.45) is 0 Å². The van der Waals surface area contributed by atoms with Crippen molar-refractivity contribution >= 4 is 34.6 Å². The number of thiophene rings is 1. The van der Waals surface area contributed by atoms with Gasteiger partial charge in [0.25, 0.3) is 0 Å². The summed E-state index contributed by atoms with van der Waals surface area (Å²) in [6, 6.07) is 10.2. The first-order valence-electron chi connectivity index (χ1n) is 9.37. The van der Waals surface area contributed by atoms with Crippen LogP contribution in [0, 0.1) is 0 Å². The molecule has 3 aromatic heterocycles. The Balaban J connectivity index is 1.75. The smallest absolute Gasteiger partial charge is 0.416 e. The van der Waals surface area contributed by atoms with Gasteiger partial charge in [0.15, 0.2) is 4.88 Å². The highest BCUT2D eigenvalue weighted by molar-refractivity contribution is 7.17. The van der Waals surface area contributed by atoms with E-state index in [4.69, 9.17) is 21.1 Å². The maximum Gasteiger partial charge on any atom is 0.416 e. The molecule has 0 fully saturated rings. The molecule has 4 rings (SSSR count). The van der Waals surface area contributed by atoms with Crippen LogP contribution in [0.25, 0.3) is 16.2 Å². The van der Waals surface area contributed by atoms with Gasteiger partial charge in [-0.25, -0.2) is 9.78 Å². The molecule has 3 heterocycles. The number of imidazole rings is 1. The summed E-state index contributed by atoms with van der Waals surface area (Å²) in [6.45, 7) is 1.50. The number of aromatic nitrogens is 2. The van der Waals surface area contributed by atoms with E-state index < -0.39 is 23.8 Å². The first-order valence-corrected chi connectivity index (χ1v) is 10.6. The van der Waals surface area contributed by atoms with Crippen molar-refractivity contribution in [3.8, 4) is 16.3 Å². The van der Waals surface area contributed by atoms with E-state index in [1.165, 1.54) is 32.2 Å². The molecule has 1 aromatic carbocycles. The van der Waals surface area contributed by atoms with E-state index in [1.807, 2.05) is 0 Å². The fourth-order valence-electron chi connectivity index (χ4n) is 3.32. The predicted molar refractivity (Wildman–Crippen MR) is 115 cm³/mol. The molecule has 1 atom stereocenters. The number of benzene rings is 1. The van der Waals surface area contributed by atoms with Crippen molar-refractivity contribution < 1.29 is 27.4 Å². The summed E-state index contributed by atoms with van der Waals surface area (Å²) in [6.07, 6.45) is -2.15. The number of hydrogen-bond donors (Lipinski definition) is 0. The predicted octanol–water partition coefficient (Wildman–Crippen LogP) is 6.66. The van der Waals surface area contributed by atoms with E-state index in [9.17, 15) is 18.0 Å². The average Bonchev–Trinajstić information content (AvgIpc) is 3.36. The Morgan fingerprint density at radius 3 is 2.69 bits per heavy atom. The van der Waals surface area contributed by atoms with E-state index in [0.29, 0.717) is 21.2 Å². The summed E-state index contributed by atoms with van der Waals surface area (Å²) in [5.41, 5.74) is 0.453. The minimum Gasteiger partial charge on any atom is -0.484 e. The lowest BCUT2D eigenvalue weighted by Gasteiger charge is -2.19. The van der Waals surface area contributed by atoms with Crippen LogP contribution in [0.4, 0.5) is 13.2 Å². The lowest BCUT2D eigenvalue weighted by molar-refractivity contribution is -0.139. The molecule has 166 valence electrons. The summed E-state index contributed by atoms with van der Waals surface area (Å²) >= 11 is 7.11. The van der Waals surface area contributed by atoms with E-state index in [0.717, 1.165) is 17.4 Å². The minimum atomic E-state index is -4.53. The molecule has 0 aliphatic carbocycles. The highest BCUT2D eigenvalue weighted by Crippen LogP contribution is 2.41. The molecule has 1 unspecified atom stereocenters. The third-order valence-electron chi connectivity index (χ3n) is 4.80. The van der Waals surface area contributed by atoms with Gasteiger partial charge < -0.3 is 9.47 Å². The lowest BCUT2D eigenvalue weighted by Crippen LogP contribution is -2.14. The second kappa shape index (κ2) is 8.48. The van der Waals surface area contributed by atoms with Gasteiger partial charge in [-0.2, -0.15) is 13.2 Å². The van der Waals surface area contributed by atoms with Gasteiger partial charge in [0.05, 0.1) is 29.4 Å². The molecule has 0 N–H and O–H groups in total. The SMILES string of the molecule is COC(=O)c1sc(-c2cnc3cc(Cl)ccn23)cc1OC(C)c1ccccc1C(F)(F)F. The Kier molecular flexibility index (Phi) is 5.87. The molecule has 0 saturated carbocycles. The number of nitrogens with zero attached hydrogens (tertiary/aromatic N) is 2. The Morgan fingerprint density at radius 1 is 1.22 bits per heavy atom. The third kappa shape index (κ3) is 4.18. The van der Waals surface area contributed by atoms with Crippen molar-refractivity contribution in [1.29, 1.82) is 0 Å². The van der Waals surface area contributed by atoms with Gasteiger partial charge in [-0.15, -0.1) is 11.3 Å². The molecular weight excluding hydrogens is 465 g/mol. The number of rotatable bonds is 5. The average molecular weight is 481 g/mol. The van der Waals surface area contributed by atoms with E-state index in [-0.39, 0.29) is 16.2 Å². The number of carbonyl (C=O) groups excluding carboxylic acids is 1. The second-order valence-electron chi connectivity index (χ2n) is 6.86. The zero-order chi connectivity index (χ0) is 23.0. The van der Waals surface area contributed by atoms with Crippen molar-refractivity contribution in [2.45, 2.75) is 19.2 Å². The topological polar surface area (TPSA) is 52.8 Å².